The summed E-state index contributed by atoms with van der Waals surface area (Å²) in [6, 6.07) is 9.92. The standard InChI is InChI=1S/C18H22O/c1-5-15(13-12-14(3)4)18(19)17(6-2)16-10-8-7-9-11-16/h5,7-13,17H,1,6H2,2-4H3/b15-13+. The maximum absolute atomic E-state index is 12.5. The van der Waals surface area contributed by atoms with E-state index in [4.69, 9.17) is 0 Å². The molecule has 0 spiro atoms. The molecule has 0 aliphatic rings. The zero-order valence-electron chi connectivity index (χ0n) is 12.0. The quantitative estimate of drug-likeness (QED) is 0.525. The fourth-order valence-electron chi connectivity index (χ4n) is 1.97. The Morgan fingerprint density at radius 3 is 2.32 bits per heavy atom. The molecule has 0 bridgehead atoms. The van der Waals surface area contributed by atoms with Gasteiger partial charge in [-0.25, -0.2) is 0 Å². The van der Waals surface area contributed by atoms with Crippen LogP contribution in [-0.4, -0.2) is 5.78 Å². The number of carbonyl (C=O) groups excluding carboxylic acids is 1. The third-order valence-electron chi connectivity index (χ3n) is 3.03. The van der Waals surface area contributed by atoms with E-state index >= 15 is 0 Å². The van der Waals surface area contributed by atoms with Crippen molar-refractivity contribution in [1.82, 2.24) is 0 Å². The minimum absolute atomic E-state index is 0.0870. The van der Waals surface area contributed by atoms with E-state index in [0.717, 1.165) is 12.0 Å². The van der Waals surface area contributed by atoms with E-state index in [-0.39, 0.29) is 11.7 Å². The van der Waals surface area contributed by atoms with Crippen molar-refractivity contribution in [3.8, 4) is 0 Å². The molecule has 100 valence electrons. The van der Waals surface area contributed by atoms with E-state index in [1.807, 2.05) is 63.3 Å². The molecule has 0 heterocycles. The van der Waals surface area contributed by atoms with Crippen molar-refractivity contribution in [3.05, 3.63) is 71.8 Å². The SMILES string of the molecule is C=C/C(=C\C=C(C)C)C(=O)C(CC)c1ccccc1. The number of Topliss-reactive ketones (excluding diaryl/α,β-unsaturated/α-hetero) is 1. The Bertz CT molecular complexity index is 488. The second-order valence-electron chi connectivity index (χ2n) is 4.81. The molecule has 19 heavy (non-hydrogen) atoms. The fraction of sp³-hybridized carbons (Fsp3) is 0.278. The Morgan fingerprint density at radius 1 is 1.21 bits per heavy atom. The molecule has 0 amide bonds. The van der Waals surface area contributed by atoms with E-state index < -0.39 is 0 Å². The van der Waals surface area contributed by atoms with Crippen LogP contribution in [0.5, 0.6) is 0 Å². The number of hydrogen-bond acceptors (Lipinski definition) is 1. The average molecular weight is 254 g/mol. The summed E-state index contributed by atoms with van der Waals surface area (Å²) in [4.78, 5) is 12.5. The molecule has 1 rings (SSSR count). The first-order chi connectivity index (χ1) is 9.10. The van der Waals surface area contributed by atoms with Crippen LogP contribution in [0.3, 0.4) is 0 Å². The first-order valence-electron chi connectivity index (χ1n) is 6.67. The molecular weight excluding hydrogens is 232 g/mol. The summed E-state index contributed by atoms with van der Waals surface area (Å²) in [7, 11) is 0. The third-order valence-corrected chi connectivity index (χ3v) is 3.03. The zero-order valence-corrected chi connectivity index (χ0v) is 12.0. The van der Waals surface area contributed by atoms with Gasteiger partial charge in [0.05, 0.1) is 0 Å². The van der Waals surface area contributed by atoms with Crippen molar-refractivity contribution in [2.24, 2.45) is 0 Å². The summed E-state index contributed by atoms with van der Waals surface area (Å²) in [5.41, 5.74) is 2.91. The van der Waals surface area contributed by atoms with Gasteiger partial charge in [-0.2, -0.15) is 0 Å². The van der Waals surface area contributed by atoms with Gasteiger partial charge in [0.1, 0.15) is 0 Å². The predicted molar refractivity (Wildman–Crippen MR) is 82.2 cm³/mol. The van der Waals surface area contributed by atoms with Gasteiger partial charge in [0.25, 0.3) is 0 Å². The van der Waals surface area contributed by atoms with Crippen LogP contribution in [0.15, 0.2) is 66.3 Å². The molecule has 1 nitrogen and oxygen atoms in total. The maximum Gasteiger partial charge on any atom is 0.170 e. The number of benzene rings is 1. The van der Waals surface area contributed by atoms with E-state index in [9.17, 15) is 4.79 Å². The summed E-state index contributed by atoms with van der Waals surface area (Å²) in [6.45, 7) is 9.81. The van der Waals surface area contributed by atoms with Crippen LogP contribution in [0.2, 0.25) is 0 Å². The van der Waals surface area contributed by atoms with Crippen molar-refractivity contribution in [3.63, 3.8) is 0 Å². The Labute approximate surface area is 116 Å². The van der Waals surface area contributed by atoms with E-state index in [2.05, 4.69) is 6.58 Å². The molecule has 1 atom stereocenters. The van der Waals surface area contributed by atoms with Gasteiger partial charge in [-0.05, 0) is 25.8 Å². The molecule has 0 N–H and O–H groups in total. The molecule has 0 aliphatic heterocycles. The molecule has 0 fully saturated rings. The first kappa shape index (κ1) is 15.2. The summed E-state index contributed by atoms with van der Waals surface area (Å²) >= 11 is 0. The molecule has 1 unspecified atom stereocenters. The molecule has 1 aromatic carbocycles. The van der Waals surface area contributed by atoms with Gasteiger partial charge < -0.3 is 0 Å². The van der Waals surface area contributed by atoms with Crippen LogP contribution in [0.25, 0.3) is 0 Å². The van der Waals surface area contributed by atoms with Crippen molar-refractivity contribution >= 4 is 5.78 Å². The Kier molecular flexibility index (Phi) is 6.01. The lowest BCUT2D eigenvalue weighted by Crippen LogP contribution is -2.13. The highest BCUT2D eigenvalue weighted by Crippen LogP contribution is 2.24. The number of carbonyl (C=O) groups is 1. The first-order valence-corrected chi connectivity index (χ1v) is 6.67. The number of allylic oxidation sites excluding steroid dienone is 5. The highest BCUT2D eigenvalue weighted by molar-refractivity contribution is 6.02. The largest absolute Gasteiger partial charge is 0.293 e. The monoisotopic (exact) mass is 254 g/mol. The lowest BCUT2D eigenvalue weighted by Gasteiger charge is -2.14. The van der Waals surface area contributed by atoms with Crippen LogP contribution in [0, 0.1) is 0 Å². The molecule has 1 aromatic rings. The lowest BCUT2D eigenvalue weighted by molar-refractivity contribution is -0.116. The summed E-state index contributed by atoms with van der Waals surface area (Å²) < 4.78 is 0. The number of rotatable bonds is 6. The van der Waals surface area contributed by atoms with Gasteiger partial charge >= 0.3 is 0 Å². The summed E-state index contributed by atoms with van der Waals surface area (Å²) in [6.07, 6.45) is 6.25. The van der Waals surface area contributed by atoms with Crippen molar-refractivity contribution < 1.29 is 4.79 Å². The molecule has 0 radical (unpaired) electrons. The Hall–Kier alpha value is -1.89. The van der Waals surface area contributed by atoms with E-state index in [1.165, 1.54) is 5.57 Å². The number of ketones is 1. The van der Waals surface area contributed by atoms with Crippen LogP contribution in [0.1, 0.15) is 38.7 Å². The van der Waals surface area contributed by atoms with Crippen LogP contribution in [0.4, 0.5) is 0 Å². The topological polar surface area (TPSA) is 17.1 Å². The molecule has 0 saturated heterocycles. The van der Waals surface area contributed by atoms with Crippen molar-refractivity contribution in [2.45, 2.75) is 33.1 Å². The number of hydrogen-bond donors (Lipinski definition) is 0. The van der Waals surface area contributed by atoms with Crippen LogP contribution >= 0.6 is 0 Å². The van der Waals surface area contributed by atoms with Gasteiger partial charge in [-0.15, -0.1) is 0 Å². The zero-order chi connectivity index (χ0) is 14.3. The Morgan fingerprint density at radius 2 is 1.84 bits per heavy atom. The highest BCUT2D eigenvalue weighted by Gasteiger charge is 2.20. The van der Waals surface area contributed by atoms with Gasteiger partial charge in [-0.3, -0.25) is 4.79 Å². The smallest absolute Gasteiger partial charge is 0.170 e. The minimum Gasteiger partial charge on any atom is -0.293 e. The summed E-state index contributed by atoms with van der Waals surface area (Å²) in [5.74, 6) is 0.0530. The average Bonchev–Trinajstić information content (AvgIpc) is 2.41. The predicted octanol–water partition coefficient (Wildman–Crippen LogP) is 4.83. The van der Waals surface area contributed by atoms with Crippen molar-refractivity contribution in [2.75, 3.05) is 0 Å². The lowest BCUT2D eigenvalue weighted by atomic mass is 9.88. The van der Waals surface area contributed by atoms with Gasteiger partial charge in [-0.1, -0.05) is 67.6 Å². The van der Waals surface area contributed by atoms with Gasteiger partial charge in [0, 0.05) is 11.5 Å². The van der Waals surface area contributed by atoms with E-state index in [1.54, 1.807) is 6.08 Å². The molecular formula is C18H22O. The molecule has 0 aliphatic carbocycles. The minimum atomic E-state index is -0.0870. The third kappa shape index (κ3) is 4.36. The maximum atomic E-state index is 12.5. The van der Waals surface area contributed by atoms with Crippen LogP contribution in [-0.2, 0) is 4.79 Å². The highest BCUT2D eigenvalue weighted by atomic mass is 16.1. The van der Waals surface area contributed by atoms with Gasteiger partial charge in [0.15, 0.2) is 5.78 Å². The molecule has 1 heteroatoms. The Balaban J connectivity index is 3.05. The second-order valence-corrected chi connectivity index (χ2v) is 4.81. The van der Waals surface area contributed by atoms with Crippen molar-refractivity contribution in [1.29, 1.82) is 0 Å². The second kappa shape index (κ2) is 7.52. The van der Waals surface area contributed by atoms with Crippen LogP contribution < -0.4 is 0 Å². The molecule has 0 aromatic heterocycles. The van der Waals surface area contributed by atoms with E-state index in [0.29, 0.717) is 5.57 Å². The summed E-state index contributed by atoms with van der Waals surface area (Å²) in [5, 5.41) is 0. The molecule has 0 saturated carbocycles. The van der Waals surface area contributed by atoms with Gasteiger partial charge in [0.2, 0.25) is 0 Å². The fourth-order valence-corrected chi connectivity index (χ4v) is 1.97. The normalized spacial score (nSPS) is 12.7.